The Labute approximate surface area is 276 Å². The van der Waals surface area contributed by atoms with E-state index in [2.05, 4.69) is 51.8 Å². The molecule has 1 aromatic heterocycles. The van der Waals surface area contributed by atoms with E-state index in [9.17, 15) is 9.59 Å². The van der Waals surface area contributed by atoms with Crippen LogP contribution in [0.1, 0.15) is 29.9 Å². The number of nitrogens with zero attached hydrogens (tertiary/aromatic N) is 6. The molecule has 0 atom stereocenters. The number of likely N-dealkylation sites (N-methyl/N-ethyl adjacent to an activating group) is 1. The van der Waals surface area contributed by atoms with E-state index in [1.807, 2.05) is 67.5 Å². The summed E-state index contributed by atoms with van der Waals surface area (Å²) in [6.45, 7) is 3.36. The number of benzene rings is 3. The summed E-state index contributed by atoms with van der Waals surface area (Å²) >= 11 is 0. The normalized spacial score (nSPS) is 16.0. The fraction of sp³-hybridized carbons (Fsp3) is 0.297. The smallest absolute Gasteiger partial charge is 0.324 e. The number of carbonyl (C=O) groups excluding carboxylic acids is 2. The predicted molar refractivity (Wildman–Crippen MR) is 189 cm³/mol. The van der Waals surface area contributed by atoms with Gasteiger partial charge in [0.25, 0.3) is 0 Å². The largest absolute Gasteiger partial charge is 0.334 e. The summed E-state index contributed by atoms with van der Waals surface area (Å²) < 4.78 is 0. The van der Waals surface area contributed by atoms with Crippen LogP contribution in [0.15, 0.2) is 97.2 Å². The Bertz CT molecular complexity index is 1720. The van der Waals surface area contributed by atoms with Gasteiger partial charge >= 0.3 is 6.03 Å². The number of hydrogen-bond acceptors (Lipinski definition) is 7. The summed E-state index contributed by atoms with van der Waals surface area (Å²) in [5, 5.41) is 6.28. The summed E-state index contributed by atoms with van der Waals surface area (Å²) in [4.78, 5) is 44.3. The second-order valence-corrected chi connectivity index (χ2v) is 12.4. The molecule has 2 aliphatic heterocycles. The summed E-state index contributed by atoms with van der Waals surface area (Å²) in [6, 6.07) is 25.2. The molecule has 6 rings (SSSR count). The number of para-hydroxylation sites is 1. The Hall–Kier alpha value is -5.06. The third-order valence-electron chi connectivity index (χ3n) is 8.62. The number of rotatable bonds is 9. The summed E-state index contributed by atoms with van der Waals surface area (Å²) in [7, 11) is 6.06. The van der Waals surface area contributed by atoms with Gasteiger partial charge < -0.3 is 20.4 Å². The van der Waals surface area contributed by atoms with Crippen LogP contribution in [0.25, 0.3) is 0 Å². The van der Waals surface area contributed by atoms with Gasteiger partial charge in [0.2, 0.25) is 11.9 Å². The van der Waals surface area contributed by atoms with E-state index in [0.29, 0.717) is 48.6 Å². The van der Waals surface area contributed by atoms with Gasteiger partial charge in [0, 0.05) is 48.0 Å². The Kier molecular flexibility index (Phi) is 9.89. The average molecular weight is 631 g/mol. The Morgan fingerprint density at radius 3 is 2.43 bits per heavy atom. The lowest BCUT2D eigenvalue weighted by Crippen LogP contribution is -2.40. The van der Waals surface area contributed by atoms with Crippen LogP contribution in [0.2, 0.25) is 0 Å². The van der Waals surface area contributed by atoms with Crippen molar-refractivity contribution in [2.24, 2.45) is 0 Å². The first-order valence-corrected chi connectivity index (χ1v) is 16.1. The molecule has 242 valence electrons. The first-order chi connectivity index (χ1) is 22.8. The molecule has 2 aliphatic rings. The maximum absolute atomic E-state index is 14.4. The molecule has 10 nitrogen and oxygen atoms in total. The van der Waals surface area contributed by atoms with Crippen LogP contribution in [0.4, 0.5) is 39.3 Å². The van der Waals surface area contributed by atoms with Crippen LogP contribution in [0, 0.1) is 0 Å². The lowest BCUT2D eigenvalue weighted by molar-refractivity contribution is -0.111. The number of piperidine rings is 1. The average Bonchev–Trinajstić information content (AvgIpc) is 3.21. The zero-order valence-electron chi connectivity index (χ0n) is 27.3. The highest BCUT2D eigenvalue weighted by molar-refractivity contribution is 6.09. The van der Waals surface area contributed by atoms with E-state index in [1.54, 1.807) is 28.1 Å². The van der Waals surface area contributed by atoms with Crippen molar-refractivity contribution in [1.29, 1.82) is 0 Å². The maximum atomic E-state index is 14.4. The van der Waals surface area contributed by atoms with Crippen LogP contribution in [-0.2, 0) is 11.2 Å². The summed E-state index contributed by atoms with van der Waals surface area (Å²) in [6.07, 6.45) is 8.03. The van der Waals surface area contributed by atoms with Crippen LogP contribution in [0.5, 0.6) is 0 Å². The van der Waals surface area contributed by atoms with Gasteiger partial charge in [0.05, 0.1) is 5.69 Å². The Morgan fingerprint density at radius 2 is 1.68 bits per heavy atom. The van der Waals surface area contributed by atoms with Crippen molar-refractivity contribution in [3.05, 3.63) is 108 Å². The van der Waals surface area contributed by atoms with Crippen molar-refractivity contribution in [2.75, 3.05) is 67.8 Å². The molecule has 3 heterocycles. The zero-order valence-corrected chi connectivity index (χ0v) is 27.3. The van der Waals surface area contributed by atoms with E-state index in [1.165, 1.54) is 24.5 Å². The number of urea groups is 1. The molecule has 3 aromatic carbocycles. The monoisotopic (exact) mass is 630 g/mol. The van der Waals surface area contributed by atoms with Gasteiger partial charge in [-0.25, -0.2) is 14.7 Å². The van der Waals surface area contributed by atoms with Crippen molar-refractivity contribution in [1.82, 2.24) is 19.8 Å². The lowest BCUT2D eigenvalue weighted by atomic mass is 9.89. The molecule has 0 bridgehead atoms. The SMILES string of the molecule is CN(C)C/C=C/C(=O)Nc1cccc(N2C(=O)N(c3ccccc3)CCc3cnc(Nc4ccc(C5CCN(C)CC5)cc4)nc32)c1. The van der Waals surface area contributed by atoms with Crippen molar-refractivity contribution in [2.45, 2.75) is 25.2 Å². The maximum Gasteiger partial charge on any atom is 0.334 e. The molecule has 0 unspecified atom stereocenters. The van der Waals surface area contributed by atoms with E-state index < -0.39 is 0 Å². The minimum absolute atomic E-state index is 0.239. The first kappa shape index (κ1) is 31.9. The molecule has 47 heavy (non-hydrogen) atoms. The highest BCUT2D eigenvalue weighted by atomic mass is 16.2. The molecule has 1 fully saturated rings. The van der Waals surface area contributed by atoms with Crippen LogP contribution in [-0.4, -0.2) is 79.0 Å². The molecule has 10 heteroatoms. The molecule has 2 N–H and O–H groups in total. The van der Waals surface area contributed by atoms with Crippen molar-refractivity contribution in [3.8, 4) is 0 Å². The minimum atomic E-state index is -0.242. The highest BCUT2D eigenvalue weighted by Crippen LogP contribution is 2.35. The fourth-order valence-corrected chi connectivity index (χ4v) is 6.03. The summed E-state index contributed by atoms with van der Waals surface area (Å²) in [5.41, 5.74) is 5.03. The number of aromatic nitrogens is 2. The van der Waals surface area contributed by atoms with Gasteiger partial charge in [-0.05, 0) is 107 Å². The van der Waals surface area contributed by atoms with Gasteiger partial charge in [0.1, 0.15) is 5.82 Å². The zero-order chi connectivity index (χ0) is 32.8. The second-order valence-electron chi connectivity index (χ2n) is 12.4. The van der Waals surface area contributed by atoms with Crippen molar-refractivity contribution in [3.63, 3.8) is 0 Å². The van der Waals surface area contributed by atoms with Crippen molar-refractivity contribution >= 4 is 46.5 Å². The molecule has 3 amide bonds. The molecular weight excluding hydrogens is 588 g/mol. The number of fused-ring (bicyclic) bond motifs is 1. The fourth-order valence-electron chi connectivity index (χ4n) is 6.03. The predicted octanol–water partition coefficient (Wildman–Crippen LogP) is 6.41. The molecule has 1 saturated heterocycles. The number of anilines is 6. The summed E-state index contributed by atoms with van der Waals surface area (Å²) in [5.74, 6) is 1.24. The number of carbonyl (C=O) groups is 2. The van der Waals surface area contributed by atoms with Gasteiger partial charge in [0.15, 0.2) is 0 Å². The molecule has 0 radical (unpaired) electrons. The topological polar surface area (TPSA) is 96.9 Å². The Balaban J connectivity index is 1.29. The van der Waals surface area contributed by atoms with Gasteiger partial charge in [-0.1, -0.05) is 42.5 Å². The standard InChI is InChI=1S/C37H42N8O2/c1-42(2)21-8-13-34(46)39-31-9-7-12-33(25-31)45-35-29(20-24-44(37(45)47)32-10-5-4-6-11-32)26-38-36(41-35)40-30-16-14-27(15-17-30)28-18-22-43(3)23-19-28/h4-17,25-26,28H,18-24H2,1-3H3,(H,39,46)(H,38,40,41)/b13-8+. The van der Waals surface area contributed by atoms with E-state index in [4.69, 9.17) is 4.98 Å². The minimum Gasteiger partial charge on any atom is -0.324 e. The third-order valence-corrected chi connectivity index (χ3v) is 8.62. The third kappa shape index (κ3) is 7.85. The lowest BCUT2D eigenvalue weighted by Gasteiger charge is -2.29. The van der Waals surface area contributed by atoms with E-state index in [-0.39, 0.29) is 11.9 Å². The first-order valence-electron chi connectivity index (χ1n) is 16.1. The Morgan fingerprint density at radius 1 is 0.936 bits per heavy atom. The van der Waals surface area contributed by atoms with E-state index in [0.717, 1.165) is 30.0 Å². The molecule has 0 saturated carbocycles. The van der Waals surface area contributed by atoms with Gasteiger partial charge in [-0.2, -0.15) is 4.98 Å². The number of likely N-dealkylation sites (tertiary alicyclic amines) is 1. The second kappa shape index (κ2) is 14.6. The number of nitrogens with one attached hydrogen (secondary N) is 2. The molecule has 4 aromatic rings. The van der Waals surface area contributed by atoms with Crippen LogP contribution in [0.3, 0.4) is 0 Å². The van der Waals surface area contributed by atoms with Gasteiger partial charge in [-0.15, -0.1) is 0 Å². The van der Waals surface area contributed by atoms with Crippen LogP contribution < -0.4 is 20.4 Å². The number of amides is 3. The van der Waals surface area contributed by atoms with Gasteiger partial charge in [-0.3, -0.25) is 9.69 Å². The number of hydrogen-bond donors (Lipinski definition) is 2. The molecular formula is C37H42N8O2. The molecule has 0 aliphatic carbocycles. The van der Waals surface area contributed by atoms with Crippen LogP contribution >= 0.6 is 0 Å². The quantitative estimate of drug-likeness (QED) is 0.207. The van der Waals surface area contributed by atoms with Crippen molar-refractivity contribution < 1.29 is 9.59 Å². The molecule has 0 spiro atoms. The highest BCUT2D eigenvalue weighted by Gasteiger charge is 2.32. The van der Waals surface area contributed by atoms with E-state index >= 15 is 0 Å².